The van der Waals surface area contributed by atoms with Crippen LogP contribution in [0.15, 0.2) is 35.5 Å². The molecule has 6 nitrogen and oxygen atoms in total. The molecule has 0 saturated heterocycles. The van der Waals surface area contributed by atoms with E-state index in [1.54, 1.807) is 24.3 Å². The maximum Gasteiger partial charge on any atom is 0.267 e. The lowest BCUT2D eigenvalue weighted by molar-refractivity contribution is -0.117. The van der Waals surface area contributed by atoms with Crippen LogP contribution in [0.2, 0.25) is 0 Å². The van der Waals surface area contributed by atoms with Gasteiger partial charge < -0.3 is 0 Å². The molecule has 0 bridgehead atoms. The van der Waals surface area contributed by atoms with E-state index in [9.17, 15) is 9.59 Å². The zero-order chi connectivity index (χ0) is 13.4. The van der Waals surface area contributed by atoms with Crippen molar-refractivity contribution in [2.45, 2.75) is 11.1 Å². The molecule has 1 amide bonds. The average molecular weight is 274 g/mol. The maximum atomic E-state index is 12.3. The van der Waals surface area contributed by atoms with Gasteiger partial charge in [0.15, 0.2) is 0 Å². The lowest BCUT2D eigenvalue weighted by Crippen LogP contribution is -2.38. The lowest BCUT2D eigenvalue weighted by Gasteiger charge is -2.20. The maximum absolute atomic E-state index is 12.3. The van der Waals surface area contributed by atoms with Gasteiger partial charge in [-0.15, -0.1) is 5.10 Å². The number of hydrogen-bond donors (Lipinski definition) is 1. The van der Waals surface area contributed by atoms with E-state index in [0.717, 1.165) is 4.68 Å². The van der Waals surface area contributed by atoms with Gasteiger partial charge in [-0.05, 0) is 11.8 Å². The van der Waals surface area contributed by atoms with Crippen molar-refractivity contribution in [3.05, 3.63) is 35.9 Å². The smallest absolute Gasteiger partial charge is 0.267 e. The summed E-state index contributed by atoms with van der Waals surface area (Å²) in [6, 6.07) is 8.92. The van der Waals surface area contributed by atoms with Gasteiger partial charge in [-0.2, -0.15) is 9.67 Å². The second-order valence-electron chi connectivity index (χ2n) is 4.01. The molecule has 1 aromatic carbocycles. The second kappa shape index (κ2) is 4.51. The third-order valence-electron chi connectivity index (χ3n) is 2.86. The molecule has 0 aliphatic carbocycles. The van der Waals surface area contributed by atoms with Crippen molar-refractivity contribution < 1.29 is 9.59 Å². The summed E-state index contributed by atoms with van der Waals surface area (Å²) in [6.45, 7) is 0. The molecule has 19 heavy (non-hydrogen) atoms. The summed E-state index contributed by atoms with van der Waals surface area (Å²) in [4.78, 5) is 28.5. The first-order valence-corrected chi connectivity index (χ1v) is 6.84. The Bertz CT molecular complexity index is 653. The molecule has 7 heteroatoms. The van der Waals surface area contributed by atoms with Gasteiger partial charge in [-0.3, -0.25) is 14.9 Å². The standard InChI is InChI=1S/C12H10N4O2S/c1-19-12-14-11-13-9(17)8(10(18)16(11)15-12)7-5-3-2-4-6-7/h2-6,8H,1H3,(H,13,14,15,17)/t8-/m0/s1. The summed E-state index contributed by atoms with van der Waals surface area (Å²) in [5.41, 5.74) is 0.650. The van der Waals surface area contributed by atoms with Crippen LogP contribution < -0.4 is 5.32 Å². The van der Waals surface area contributed by atoms with Crippen molar-refractivity contribution in [1.82, 2.24) is 14.8 Å². The van der Waals surface area contributed by atoms with Crippen LogP contribution in [0.1, 0.15) is 16.3 Å². The van der Waals surface area contributed by atoms with Crippen molar-refractivity contribution in [3.63, 3.8) is 0 Å². The first-order valence-electron chi connectivity index (χ1n) is 5.62. The van der Waals surface area contributed by atoms with Crippen LogP contribution in [0, 0.1) is 0 Å². The minimum atomic E-state index is -0.870. The number of hydrogen-bond acceptors (Lipinski definition) is 5. The minimum Gasteiger partial charge on any atom is -0.293 e. The Morgan fingerprint density at radius 3 is 2.68 bits per heavy atom. The third-order valence-corrected chi connectivity index (χ3v) is 3.39. The van der Waals surface area contributed by atoms with Crippen LogP contribution in [-0.2, 0) is 4.79 Å². The molecule has 0 fully saturated rings. The Balaban J connectivity index is 2.05. The largest absolute Gasteiger partial charge is 0.293 e. The van der Waals surface area contributed by atoms with Crippen LogP contribution in [0.4, 0.5) is 5.95 Å². The Kier molecular flexibility index (Phi) is 2.83. The number of aromatic nitrogens is 3. The average Bonchev–Trinajstić information content (AvgIpc) is 2.83. The number of nitrogens with one attached hydrogen (secondary N) is 1. The molecule has 0 spiro atoms. The molecule has 1 N–H and O–H groups in total. The summed E-state index contributed by atoms with van der Waals surface area (Å²) in [6.07, 6.45) is 1.81. The molecule has 0 unspecified atom stereocenters. The van der Waals surface area contributed by atoms with Crippen molar-refractivity contribution in [1.29, 1.82) is 0 Å². The van der Waals surface area contributed by atoms with Crippen molar-refractivity contribution >= 4 is 29.5 Å². The van der Waals surface area contributed by atoms with E-state index >= 15 is 0 Å². The lowest BCUT2D eigenvalue weighted by atomic mass is 9.96. The van der Waals surface area contributed by atoms with Gasteiger partial charge in [-0.25, -0.2) is 0 Å². The fourth-order valence-corrected chi connectivity index (χ4v) is 2.31. The zero-order valence-electron chi connectivity index (χ0n) is 10.0. The van der Waals surface area contributed by atoms with Crippen molar-refractivity contribution in [2.24, 2.45) is 0 Å². The normalized spacial score (nSPS) is 18.1. The van der Waals surface area contributed by atoms with Gasteiger partial charge in [-0.1, -0.05) is 42.1 Å². The monoisotopic (exact) mass is 274 g/mol. The molecule has 0 radical (unpaired) electrons. The fraction of sp³-hybridized carbons (Fsp3) is 0.167. The molecule has 1 aliphatic rings. The summed E-state index contributed by atoms with van der Waals surface area (Å²) in [5, 5.41) is 7.13. The van der Waals surface area contributed by atoms with Gasteiger partial charge in [0.1, 0.15) is 5.92 Å². The van der Waals surface area contributed by atoms with E-state index in [0.29, 0.717) is 10.7 Å². The molecule has 2 aromatic rings. The fourth-order valence-electron chi connectivity index (χ4n) is 1.97. The van der Waals surface area contributed by atoms with Crippen LogP contribution in [-0.4, -0.2) is 32.8 Å². The second-order valence-corrected chi connectivity index (χ2v) is 4.78. The van der Waals surface area contributed by atoms with Gasteiger partial charge in [0, 0.05) is 0 Å². The number of carbonyl (C=O) groups excluding carboxylic acids is 2. The molecule has 1 aromatic heterocycles. The number of fused-ring (bicyclic) bond motifs is 1. The minimum absolute atomic E-state index is 0.187. The molecular weight excluding hydrogens is 264 g/mol. The predicted octanol–water partition coefficient (Wildman–Crippen LogP) is 1.38. The Labute approximate surface area is 113 Å². The Morgan fingerprint density at radius 2 is 2.00 bits per heavy atom. The third kappa shape index (κ3) is 1.91. The predicted molar refractivity (Wildman–Crippen MR) is 70.2 cm³/mol. The summed E-state index contributed by atoms with van der Waals surface area (Å²) < 4.78 is 1.16. The summed E-state index contributed by atoms with van der Waals surface area (Å²) >= 11 is 1.32. The van der Waals surface area contributed by atoms with Crippen molar-refractivity contribution in [2.75, 3.05) is 11.6 Å². The molecule has 2 heterocycles. The van der Waals surface area contributed by atoms with E-state index in [4.69, 9.17) is 0 Å². The van der Waals surface area contributed by atoms with Gasteiger partial charge >= 0.3 is 0 Å². The number of thioether (sulfide) groups is 1. The quantitative estimate of drug-likeness (QED) is 0.661. The summed E-state index contributed by atoms with van der Waals surface area (Å²) in [5.74, 6) is -1.43. The SMILES string of the molecule is CSc1nc2n(n1)C(=O)[C@@H](c1ccccc1)C(=O)N2. The first-order chi connectivity index (χ1) is 9.20. The Morgan fingerprint density at radius 1 is 1.26 bits per heavy atom. The highest BCUT2D eigenvalue weighted by molar-refractivity contribution is 7.98. The number of anilines is 1. The number of amides is 1. The van der Waals surface area contributed by atoms with E-state index in [1.165, 1.54) is 11.8 Å². The Hall–Kier alpha value is -2.15. The molecule has 1 aliphatic heterocycles. The number of carbonyl (C=O) groups is 2. The van der Waals surface area contributed by atoms with Crippen molar-refractivity contribution in [3.8, 4) is 0 Å². The molecular formula is C12H10N4O2S. The molecule has 96 valence electrons. The van der Waals surface area contributed by atoms with E-state index in [1.807, 2.05) is 12.3 Å². The van der Waals surface area contributed by atoms with Gasteiger partial charge in [0.2, 0.25) is 17.0 Å². The molecule has 3 rings (SSSR count). The van der Waals surface area contributed by atoms with Crippen LogP contribution in [0.3, 0.4) is 0 Å². The number of rotatable bonds is 2. The number of benzene rings is 1. The van der Waals surface area contributed by atoms with E-state index in [-0.39, 0.29) is 17.8 Å². The first kappa shape index (κ1) is 11.9. The van der Waals surface area contributed by atoms with Crippen LogP contribution in [0.25, 0.3) is 0 Å². The highest BCUT2D eigenvalue weighted by Crippen LogP contribution is 2.26. The van der Waals surface area contributed by atoms with Crippen LogP contribution in [0.5, 0.6) is 0 Å². The van der Waals surface area contributed by atoms with Gasteiger partial charge in [0.25, 0.3) is 5.91 Å². The summed E-state index contributed by atoms with van der Waals surface area (Å²) in [7, 11) is 0. The molecule has 1 atom stereocenters. The van der Waals surface area contributed by atoms with E-state index in [2.05, 4.69) is 15.4 Å². The van der Waals surface area contributed by atoms with E-state index < -0.39 is 5.92 Å². The number of nitrogens with zero attached hydrogens (tertiary/aromatic N) is 3. The highest BCUT2D eigenvalue weighted by atomic mass is 32.2. The molecule has 0 saturated carbocycles. The van der Waals surface area contributed by atoms with Crippen LogP contribution >= 0.6 is 11.8 Å². The van der Waals surface area contributed by atoms with Gasteiger partial charge in [0.05, 0.1) is 0 Å². The zero-order valence-corrected chi connectivity index (χ0v) is 10.8. The highest BCUT2D eigenvalue weighted by Gasteiger charge is 2.37. The topological polar surface area (TPSA) is 76.9 Å².